The smallest absolute Gasteiger partial charge is 0.257 e. The SMILES string of the molecule is CN1NC(Cc2ccccc2)n2cc(C(=O)NCc3ccc(Cl)cc3)c(=O)c3cc(C#CCO)cc1c32. The van der Waals surface area contributed by atoms with Crippen molar-refractivity contribution in [2.45, 2.75) is 19.1 Å². The number of benzene rings is 3. The predicted octanol–water partition coefficient (Wildman–Crippen LogP) is 3.62. The van der Waals surface area contributed by atoms with Gasteiger partial charge in [-0.3, -0.25) is 9.59 Å². The van der Waals surface area contributed by atoms with Crippen molar-refractivity contribution in [1.82, 2.24) is 15.3 Å². The van der Waals surface area contributed by atoms with Crippen molar-refractivity contribution in [3.05, 3.63) is 110 Å². The van der Waals surface area contributed by atoms with Crippen LogP contribution in [0.2, 0.25) is 5.02 Å². The standard InChI is InChI=1S/C29H25ClN4O3/c1-33-25-15-21(8-5-13-35)14-23-27(25)34(26(32-33)16-19-6-3-2-4-7-19)18-24(28(23)36)29(37)31-17-20-9-11-22(30)12-10-20/h2-4,6-7,9-12,14-15,18,26,32,35H,13,16-17H2,1H3,(H,31,37). The van der Waals surface area contributed by atoms with Gasteiger partial charge in [-0.15, -0.1) is 0 Å². The maximum absolute atomic E-state index is 13.6. The van der Waals surface area contributed by atoms with Crippen LogP contribution in [-0.2, 0) is 13.0 Å². The van der Waals surface area contributed by atoms with Crippen LogP contribution in [0, 0.1) is 11.8 Å². The number of carbonyl (C=O) groups is 1. The Kier molecular flexibility index (Phi) is 6.97. The fourth-order valence-corrected chi connectivity index (χ4v) is 4.69. The molecule has 0 spiro atoms. The van der Waals surface area contributed by atoms with Gasteiger partial charge < -0.3 is 20.0 Å². The molecule has 186 valence electrons. The van der Waals surface area contributed by atoms with E-state index >= 15 is 0 Å². The molecule has 0 saturated heterocycles. The lowest BCUT2D eigenvalue weighted by atomic mass is 10.0. The average Bonchev–Trinajstić information content (AvgIpc) is 2.91. The van der Waals surface area contributed by atoms with Gasteiger partial charge in [0.15, 0.2) is 0 Å². The molecule has 0 bridgehead atoms. The Labute approximate surface area is 219 Å². The molecule has 2 heterocycles. The number of hydrogen-bond donors (Lipinski definition) is 3. The number of pyridine rings is 1. The predicted molar refractivity (Wildman–Crippen MR) is 146 cm³/mol. The first-order valence-electron chi connectivity index (χ1n) is 11.8. The molecule has 0 radical (unpaired) electrons. The zero-order valence-corrected chi connectivity index (χ0v) is 20.9. The summed E-state index contributed by atoms with van der Waals surface area (Å²) in [6, 6.07) is 20.7. The van der Waals surface area contributed by atoms with Gasteiger partial charge in [-0.2, -0.15) is 0 Å². The van der Waals surface area contributed by atoms with Gasteiger partial charge in [-0.05, 0) is 35.4 Å². The fraction of sp³-hybridized carbons (Fsp3) is 0.172. The van der Waals surface area contributed by atoms with Crippen molar-refractivity contribution in [3.8, 4) is 11.8 Å². The van der Waals surface area contributed by atoms with Crippen LogP contribution in [0.3, 0.4) is 0 Å². The van der Waals surface area contributed by atoms with Gasteiger partial charge in [0, 0.05) is 42.2 Å². The summed E-state index contributed by atoms with van der Waals surface area (Å²) in [6.45, 7) is -0.0346. The first kappa shape index (κ1) is 24.6. The van der Waals surface area contributed by atoms with Crippen LogP contribution in [0.15, 0.2) is 77.7 Å². The summed E-state index contributed by atoms with van der Waals surface area (Å²) in [4.78, 5) is 26.9. The lowest BCUT2D eigenvalue weighted by Gasteiger charge is -2.37. The highest BCUT2D eigenvalue weighted by Crippen LogP contribution is 2.33. The number of hydrazine groups is 1. The Balaban J connectivity index is 1.61. The number of amides is 1. The van der Waals surface area contributed by atoms with E-state index in [1.165, 1.54) is 0 Å². The van der Waals surface area contributed by atoms with Gasteiger partial charge in [0.2, 0.25) is 5.43 Å². The lowest BCUT2D eigenvalue weighted by molar-refractivity contribution is 0.0949. The van der Waals surface area contributed by atoms with Crippen LogP contribution in [0.5, 0.6) is 0 Å². The van der Waals surface area contributed by atoms with E-state index in [1.54, 1.807) is 24.4 Å². The Bertz CT molecular complexity index is 1590. The maximum atomic E-state index is 13.6. The third-order valence-corrected chi connectivity index (χ3v) is 6.59. The number of aliphatic hydroxyl groups excluding tert-OH is 1. The Morgan fingerprint density at radius 2 is 1.86 bits per heavy atom. The molecule has 3 aromatic carbocycles. The highest BCUT2D eigenvalue weighted by atomic mass is 35.5. The normalized spacial score (nSPS) is 14.2. The average molecular weight is 513 g/mol. The zero-order chi connectivity index (χ0) is 25.9. The molecule has 3 N–H and O–H groups in total. The fourth-order valence-electron chi connectivity index (χ4n) is 4.56. The highest BCUT2D eigenvalue weighted by molar-refractivity contribution is 6.30. The Morgan fingerprint density at radius 1 is 1.11 bits per heavy atom. The number of rotatable bonds is 5. The van der Waals surface area contributed by atoms with E-state index in [0.717, 1.165) is 22.3 Å². The van der Waals surface area contributed by atoms with Crippen molar-refractivity contribution in [2.24, 2.45) is 0 Å². The third-order valence-electron chi connectivity index (χ3n) is 6.34. The van der Waals surface area contributed by atoms with Crippen LogP contribution in [0.4, 0.5) is 5.69 Å². The second kappa shape index (κ2) is 10.5. The molecule has 1 unspecified atom stereocenters. The molecule has 7 nitrogen and oxygen atoms in total. The molecule has 5 rings (SSSR count). The van der Waals surface area contributed by atoms with E-state index in [4.69, 9.17) is 16.7 Å². The minimum atomic E-state index is -0.462. The summed E-state index contributed by atoms with van der Waals surface area (Å²) in [5.41, 5.74) is 7.18. The van der Waals surface area contributed by atoms with Crippen LogP contribution in [0.25, 0.3) is 10.9 Å². The number of aliphatic hydroxyl groups is 1. The van der Waals surface area contributed by atoms with E-state index in [2.05, 4.69) is 22.6 Å². The number of anilines is 1. The molecule has 0 saturated carbocycles. The van der Waals surface area contributed by atoms with E-state index in [-0.39, 0.29) is 30.3 Å². The molecule has 0 aliphatic carbocycles. The molecule has 37 heavy (non-hydrogen) atoms. The number of nitrogens with zero attached hydrogens (tertiary/aromatic N) is 2. The quantitative estimate of drug-likeness (QED) is 0.356. The topological polar surface area (TPSA) is 86.6 Å². The van der Waals surface area contributed by atoms with Gasteiger partial charge in [-0.1, -0.05) is 65.9 Å². The number of hydrogen-bond acceptors (Lipinski definition) is 5. The van der Waals surface area contributed by atoms with Gasteiger partial charge in [-0.25, -0.2) is 5.43 Å². The molecule has 4 aromatic rings. The van der Waals surface area contributed by atoms with Gasteiger partial charge in [0.25, 0.3) is 5.91 Å². The first-order valence-corrected chi connectivity index (χ1v) is 12.2. The summed E-state index contributed by atoms with van der Waals surface area (Å²) >= 11 is 5.96. The summed E-state index contributed by atoms with van der Waals surface area (Å²) in [5, 5.41) is 14.9. The highest BCUT2D eigenvalue weighted by Gasteiger charge is 2.27. The monoisotopic (exact) mass is 512 g/mol. The second-order valence-electron chi connectivity index (χ2n) is 8.83. The van der Waals surface area contributed by atoms with Crippen molar-refractivity contribution in [2.75, 3.05) is 18.7 Å². The van der Waals surface area contributed by atoms with E-state index in [9.17, 15) is 9.59 Å². The maximum Gasteiger partial charge on any atom is 0.257 e. The summed E-state index contributed by atoms with van der Waals surface area (Å²) in [5.74, 6) is 5.07. The molecule has 1 aliphatic rings. The van der Waals surface area contributed by atoms with E-state index in [1.807, 2.05) is 65.2 Å². The molecular weight excluding hydrogens is 488 g/mol. The molecule has 8 heteroatoms. The largest absolute Gasteiger partial charge is 0.384 e. The molecule has 1 amide bonds. The van der Waals surface area contributed by atoms with Gasteiger partial charge >= 0.3 is 0 Å². The Hall–Kier alpha value is -4.09. The zero-order valence-electron chi connectivity index (χ0n) is 20.2. The second-order valence-corrected chi connectivity index (χ2v) is 9.27. The summed E-state index contributed by atoms with van der Waals surface area (Å²) < 4.78 is 1.96. The Morgan fingerprint density at radius 3 is 2.59 bits per heavy atom. The van der Waals surface area contributed by atoms with Crippen LogP contribution in [-0.4, -0.2) is 29.2 Å². The molecule has 0 fully saturated rings. The number of aromatic nitrogens is 1. The van der Waals surface area contributed by atoms with Crippen molar-refractivity contribution in [1.29, 1.82) is 0 Å². The number of halogens is 1. The summed E-state index contributed by atoms with van der Waals surface area (Å²) in [6.07, 6.45) is 2.04. The molecule has 1 aromatic heterocycles. The molecular formula is C29H25ClN4O3. The van der Waals surface area contributed by atoms with Crippen LogP contribution in [0.1, 0.15) is 33.2 Å². The molecule has 1 aliphatic heterocycles. The van der Waals surface area contributed by atoms with E-state index in [0.29, 0.717) is 22.4 Å². The summed E-state index contributed by atoms with van der Waals surface area (Å²) in [7, 11) is 1.89. The van der Waals surface area contributed by atoms with Gasteiger partial charge in [0.05, 0.1) is 11.2 Å². The molecule has 1 atom stereocenters. The van der Waals surface area contributed by atoms with E-state index < -0.39 is 5.91 Å². The van der Waals surface area contributed by atoms with Crippen molar-refractivity contribution in [3.63, 3.8) is 0 Å². The first-order chi connectivity index (χ1) is 17.9. The minimum absolute atomic E-state index is 0.0455. The third kappa shape index (κ3) is 5.09. The van der Waals surface area contributed by atoms with Crippen molar-refractivity contribution < 1.29 is 9.90 Å². The van der Waals surface area contributed by atoms with Crippen molar-refractivity contribution >= 4 is 34.1 Å². The van der Waals surface area contributed by atoms with Gasteiger partial charge in [0.1, 0.15) is 18.3 Å². The lowest BCUT2D eigenvalue weighted by Crippen LogP contribution is -2.46. The number of carbonyl (C=O) groups excluding carboxylic acids is 1. The number of nitrogens with one attached hydrogen (secondary N) is 2. The van der Waals surface area contributed by atoms with Crippen LogP contribution >= 0.6 is 11.6 Å². The minimum Gasteiger partial charge on any atom is -0.384 e. The van der Waals surface area contributed by atoms with Crippen LogP contribution < -0.4 is 21.2 Å².